The van der Waals surface area contributed by atoms with Gasteiger partial charge in [0.25, 0.3) is 0 Å². The first-order valence-corrected chi connectivity index (χ1v) is 6.55. The van der Waals surface area contributed by atoms with Crippen molar-refractivity contribution >= 4 is 5.91 Å². The first-order chi connectivity index (χ1) is 9.58. The molecule has 1 amide bonds. The molecule has 8 heteroatoms. The SMILES string of the molecule is CC(C)C(NC(=O)CCn1cnnn1)c1nccn1C. The monoisotopic (exact) mass is 277 g/mol. The van der Waals surface area contributed by atoms with Crippen LogP contribution in [0, 0.1) is 5.92 Å². The van der Waals surface area contributed by atoms with Crippen molar-refractivity contribution in [3.8, 4) is 0 Å². The lowest BCUT2D eigenvalue weighted by molar-refractivity contribution is -0.122. The topological polar surface area (TPSA) is 90.5 Å². The lowest BCUT2D eigenvalue weighted by atomic mass is 10.0. The van der Waals surface area contributed by atoms with Crippen LogP contribution in [0.2, 0.25) is 0 Å². The third-order valence-corrected chi connectivity index (χ3v) is 3.08. The molecule has 0 saturated heterocycles. The van der Waals surface area contributed by atoms with Gasteiger partial charge in [0.2, 0.25) is 5.91 Å². The predicted octanol–water partition coefficient (Wildman–Crippen LogP) is 0.310. The Morgan fingerprint density at radius 3 is 2.80 bits per heavy atom. The Kier molecular flexibility index (Phi) is 4.44. The van der Waals surface area contributed by atoms with Crippen LogP contribution in [0.3, 0.4) is 0 Å². The van der Waals surface area contributed by atoms with Crippen molar-refractivity contribution in [3.63, 3.8) is 0 Å². The fraction of sp³-hybridized carbons (Fsp3) is 0.583. The summed E-state index contributed by atoms with van der Waals surface area (Å²) in [6.45, 7) is 4.58. The van der Waals surface area contributed by atoms with E-state index in [1.807, 2.05) is 17.8 Å². The number of tetrazole rings is 1. The summed E-state index contributed by atoms with van der Waals surface area (Å²) in [4.78, 5) is 16.3. The number of nitrogens with one attached hydrogen (secondary N) is 1. The highest BCUT2D eigenvalue weighted by molar-refractivity contribution is 5.76. The molecule has 0 saturated carbocycles. The Labute approximate surface area is 117 Å². The summed E-state index contributed by atoms with van der Waals surface area (Å²) < 4.78 is 3.46. The molecular formula is C12H19N7O. The van der Waals surface area contributed by atoms with Crippen LogP contribution in [-0.4, -0.2) is 35.7 Å². The number of hydrogen-bond acceptors (Lipinski definition) is 5. The highest BCUT2D eigenvalue weighted by Gasteiger charge is 2.21. The molecule has 0 aromatic carbocycles. The molecule has 0 spiro atoms. The second kappa shape index (κ2) is 6.27. The molecule has 2 rings (SSSR count). The molecule has 0 aliphatic heterocycles. The number of rotatable bonds is 6. The van der Waals surface area contributed by atoms with Crippen molar-refractivity contribution < 1.29 is 4.79 Å². The Morgan fingerprint density at radius 2 is 2.25 bits per heavy atom. The van der Waals surface area contributed by atoms with E-state index in [2.05, 4.69) is 39.7 Å². The summed E-state index contributed by atoms with van der Waals surface area (Å²) in [7, 11) is 1.92. The molecule has 2 heterocycles. The second-order valence-electron chi connectivity index (χ2n) is 5.01. The van der Waals surface area contributed by atoms with Gasteiger partial charge in [0.05, 0.1) is 12.6 Å². The van der Waals surface area contributed by atoms with Crippen LogP contribution in [0.15, 0.2) is 18.7 Å². The van der Waals surface area contributed by atoms with Crippen molar-refractivity contribution in [1.29, 1.82) is 0 Å². The van der Waals surface area contributed by atoms with E-state index in [0.29, 0.717) is 13.0 Å². The van der Waals surface area contributed by atoms with Gasteiger partial charge < -0.3 is 9.88 Å². The van der Waals surface area contributed by atoms with Crippen LogP contribution in [0.4, 0.5) is 0 Å². The number of carbonyl (C=O) groups excluding carboxylic acids is 1. The molecule has 1 unspecified atom stereocenters. The zero-order chi connectivity index (χ0) is 14.5. The molecular weight excluding hydrogens is 258 g/mol. The molecule has 0 aliphatic carbocycles. The average molecular weight is 277 g/mol. The van der Waals surface area contributed by atoms with E-state index in [4.69, 9.17) is 0 Å². The maximum atomic E-state index is 12.0. The highest BCUT2D eigenvalue weighted by Crippen LogP contribution is 2.19. The summed E-state index contributed by atoms with van der Waals surface area (Å²) in [5.74, 6) is 1.08. The number of carbonyl (C=O) groups is 1. The van der Waals surface area contributed by atoms with Crippen LogP contribution >= 0.6 is 0 Å². The maximum Gasteiger partial charge on any atom is 0.222 e. The van der Waals surface area contributed by atoms with E-state index in [9.17, 15) is 4.79 Å². The highest BCUT2D eigenvalue weighted by atomic mass is 16.1. The van der Waals surface area contributed by atoms with E-state index >= 15 is 0 Å². The van der Waals surface area contributed by atoms with Crippen molar-refractivity contribution in [2.45, 2.75) is 32.9 Å². The minimum absolute atomic E-state index is 0.0396. The third kappa shape index (κ3) is 3.40. The molecule has 0 fully saturated rings. The second-order valence-corrected chi connectivity index (χ2v) is 5.01. The van der Waals surface area contributed by atoms with Crippen LogP contribution < -0.4 is 5.32 Å². The summed E-state index contributed by atoms with van der Waals surface area (Å²) >= 11 is 0. The standard InChI is InChI=1S/C12H19N7O/c1-9(2)11(12-13-5-7-18(12)3)15-10(20)4-6-19-8-14-16-17-19/h5,7-9,11H,4,6H2,1-3H3,(H,15,20). The Hall–Kier alpha value is -2.25. The van der Waals surface area contributed by atoms with Crippen molar-refractivity contribution in [3.05, 3.63) is 24.5 Å². The van der Waals surface area contributed by atoms with Gasteiger partial charge in [0, 0.05) is 25.9 Å². The first kappa shape index (κ1) is 14.2. The zero-order valence-corrected chi connectivity index (χ0v) is 11.9. The molecule has 1 atom stereocenters. The number of aromatic nitrogens is 6. The average Bonchev–Trinajstić information content (AvgIpc) is 3.04. The molecule has 1 N–H and O–H groups in total. The molecule has 20 heavy (non-hydrogen) atoms. The maximum absolute atomic E-state index is 12.0. The number of imidazole rings is 1. The predicted molar refractivity (Wildman–Crippen MR) is 71.4 cm³/mol. The van der Waals surface area contributed by atoms with E-state index in [1.165, 1.54) is 11.0 Å². The molecule has 0 bridgehead atoms. The first-order valence-electron chi connectivity index (χ1n) is 6.55. The van der Waals surface area contributed by atoms with Gasteiger partial charge in [-0.3, -0.25) is 4.79 Å². The minimum atomic E-state index is -0.101. The van der Waals surface area contributed by atoms with E-state index in [1.54, 1.807) is 6.20 Å². The fourth-order valence-electron chi connectivity index (χ4n) is 1.95. The minimum Gasteiger partial charge on any atom is -0.346 e. The zero-order valence-electron chi connectivity index (χ0n) is 11.9. The molecule has 2 aromatic heterocycles. The van der Waals surface area contributed by atoms with E-state index < -0.39 is 0 Å². The molecule has 8 nitrogen and oxygen atoms in total. The molecule has 0 aliphatic rings. The number of aryl methyl sites for hydroxylation is 2. The lowest BCUT2D eigenvalue weighted by Crippen LogP contribution is -2.34. The quantitative estimate of drug-likeness (QED) is 0.820. The summed E-state index contributed by atoms with van der Waals surface area (Å²) in [6, 6.07) is -0.101. The van der Waals surface area contributed by atoms with E-state index in [-0.39, 0.29) is 17.9 Å². The normalized spacial score (nSPS) is 12.6. The van der Waals surface area contributed by atoms with Crippen molar-refractivity contribution in [1.82, 2.24) is 35.1 Å². The Bertz CT molecular complexity index is 546. The number of amides is 1. The van der Waals surface area contributed by atoms with E-state index in [0.717, 1.165) is 5.82 Å². The summed E-state index contributed by atoms with van der Waals surface area (Å²) in [5.41, 5.74) is 0. The number of nitrogens with zero attached hydrogens (tertiary/aromatic N) is 6. The van der Waals surface area contributed by atoms with Gasteiger partial charge in [-0.1, -0.05) is 13.8 Å². The Morgan fingerprint density at radius 1 is 1.45 bits per heavy atom. The fourth-order valence-corrected chi connectivity index (χ4v) is 1.95. The lowest BCUT2D eigenvalue weighted by Gasteiger charge is -2.22. The Balaban J connectivity index is 1.95. The summed E-state index contributed by atoms with van der Waals surface area (Å²) in [6.07, 6.45) is 5.43. The van der Waals surface area contributed by atoms with Gasteiger partial charge in [-0.05, 0) is 16.3 Å². The van der Waals surface area contributed by atoms with Crippen LogP contribution in [0.25, 0.3) is 0 Å². The van der Waals surface area contributed by atoms with Crippen LogP contribution in [0.1, 0.15) is 32.1 Å². The van der Waals surface area contributed by atoms with Crippen molar-refractivity contribution in [2.24, 2.45) is 13.0 Å². The van der Waals surface area contributed by atoms with Crippen molar-refractivity contribution in [2.75, 3.05) is 0 Å². The van der Waals surface area contributed by atoms with Crippen LogP contribution in [0.5, 0.6) is 0 Å². The molecule has 0 radical (unpaired) electrons. The third-order valence-electron chi connectivity index (χ3n) is 3.08. The molecule has 2 aromatic rings. The largest absolute Gasteiger partial charge is 0.346 e. The number of hydrogen-bond donors (Lipinski definition) is 1. The van der Waals surface area contributed by atoms with Gasteiger partial charge in [0.1, 0.15) is 12.2 Å². The smallest absolute Gasteiger partial charge is 0.222 e. The van der Waals surface area contributed by atoms with Gasteiger partial charge in [0.15, 0.2) is 0 Å². The van der Waals surface area contributed by atoms with Gasteiger partial charge in [-0.15, -0.1) is 5.10 Å². The van der Waals surface area contributed by atoms with Gasteiger partial charge in [-0.25, -0.2) is 9.67 Å². The van der Waals surface area contributed by atoms with Gasteiger partial charge in [-0.2, -0.15) is 0 Å². The van der Waals surface area contributed by atoms with Crippen LogP contribution in [-0.2, 0) is 18.4 Å². The van der Waals surface area contributed by atoms with Gasteiger partial charge >= 0.3 is 0 Å². The molecule has 108 valence electrons. The summed E-state index contributed by atoms with van der Waals surface area (Å²) in [5, 5.41) is 13.8.